The van der Waals surface area contributed by atoms with Gasteiger partial charge >= 0.3 is 0 Å². The number of nitrogens with two attached hydrogens (primary N) is 1. The van der Waals surface area contributed by atoms with Gasteiger partial charge < -0.3 is 24.9 Å². The van der Waals surface area contributed by atoms with Gasteiger partial charge in [-0.2, -0.15) is 5.10 Å². The summed E-state index contributed by atoms with van der Waals surface area (Å²) in [6.07, 6.45) is 4.85. The Hall–Kier alpha value is -4.51. The van der Waals surface area contributed by atoms with Crippen LogP contribution in [0.15, 0.2) is 55.0 Å². The van der Waals surface area contributed by atoms with Crippen molar-refractivity contribution in [1.82, 2.24) is 29.7 Å². The average Bonchev–Trinajstić information content (AvgIpc) is 3.52. The summed E-state index contributed by atoms with van der Waals surface area (Å²) in [5.41, 5.74) is 9.29. The van der Waals surface area contributed by atoms with Crippen molar-refractivity contribution >= 4 is 16.9 Å². The number of benzene rings is 2. The first-order valence-electron chi connectivity index (χ1n) is 12.3. The molecule has 4 heterocycles. The maximum absolute atomic E-state index is 14.3. The molecule has 38 heavy (non-hydrogen) atoms. The van der Waals surface area contributed by atoms with Crippen LogP contribution in [0.1, 0.15) is 30.4 Å². The predicted octanol–water partition coefficient (Wildman–Crippen LogP) is 4.97. The highest BCUT2D eigenvalue weighted by Crippen LogP contribution is 2.35. The molecule has 3 N–H and O–H groups in total. The molecule has 194 valence electrons. The molecule has 0 bridgehead atoms. The lowest BCUT2D eigenvalue weighted by molar-refractivity contribution is 0.0674. The van der Waals surface area contributed by atoms with E-state index in [9.17, 15) is 4.39 Å². The number of nitrogen functional groups attached to an aromatic ring is 1. The number of fused-ring (bicyclic) bond motifs is 1. The SMILES string of the molecule is Cc1ncc(COc2cc(F)cc(Oc3ccc(-c4nn(C5CCOCC5)c5ncnc(N)c45)cc3)c2)[nH]1. The Kier molecular flexibility index (Phi) is 6.34. The van der Waals surface area contributed by atoms with E-state index in [2.05, 4.69) is 19.9 Å². The van der Waals surface area contributed by atoms with Gasteiger partial charge in [0.1, 0.15) is 53.3 Å². The van der Waals surface area contributed by atoms with Gasteiger partial charge in [-0.1, -0.05) is 0 Å². The second kappa shape index (κ2) is 10.1. The molecule has 0 saturated carbocycles. The highest BCUT2D eigenvalue weighted by atomic mass is 19.1. The van der Waals surface area contributed by atoms with E-state index in [1.54, 1.807) is 24.4 Å². The Bertz CT molecular complexity index is 1580. The normalized spacial score (nSPS) is 14.2. The Morgan fingerprint density at radius 2 is 1.84 bits per heavy atom. The Labute approximate surface area is 217 Å². The number of nitrogens with one attached hydrogen (secondary N) is 1. The number of anilines is 1. The van der Waals surface area contributed by atoms with Crippen LogP contribution in [-0.2, 0) is 11.3 Å². The van der Waals surface area contributed by atoms with Gasteiger partial charge in [0.05, 0.1) is 23.3 Å². The van der Waals surface area contributed by atoms with Gasteiger partial charge in [0, 0.05) is 37.0 Å². The van der Waals surface area contributed by atoms with Crippen LogP contribution < -0.4 is 15.2 Å². The van der Waals surface area contributed by atoms with E-state index >= 15 is 0 Å². The Morgan fingerprint density at radius 3 is 2.61 bits per heavy atom. The van der Waals surface area contributed by atoms with Crippen LogP contribution in [0.3, 0.4) is 0 Å². The molecule has 1 saturated heterocycles. The third-order valence-electron chi connectivity index (χ3n) is 6.41. The molecule has 5 aromatic rings. The number of rotatable bonds is 7. The zero-order chi connectivity index (χ0) is 26.1. The van der Waals surface area contributed by atoms with Crippen molar-refractivity contribution < 1.29 is 18.6 Å². The van der Waals surface area contributed by atoms with E-state index in [1.807, 2.05) is 23.7 Å². The van der Waals surface area contributed by atoms with Crippen molar-refractivity contribution in [3.63, 3.8) is 0 Å². The molecule has 0 amide bonds. The van der Waals surface area contributed by atoms with Crippen molar-refractivity contribution in [2.24, 2.45) is 0 Å². The Morgan fingerprint density at radius 1 is 1.05 bits per heavy atom. The summed E-state index contributed by atoms with van der Waals surface area (Å²) in [6.45, 7) is 3.46. The van der Waals surface area contributed by atoms with Crippen molar-refractivity contribution in [2.45, 2.75) is 32.4 Å². The molecule has 1 fully saturated rings. The number of imidazole rings is 1. The van der Waals surface area contributed by atoms with Gasteiger partial charge in [-0.15, -0.1) is 0 Å². The lowest BCUT2D eigenvalue weighted by Crippen LogP contribution is -2.20. The van der Waals surface area contributed by atoms with Crippen LogP contribution in [0.2, 0.25) is 0 Å². The number of ether oxygens (including phenoxy) is 3. The van der Waals surface area contributed by atoms with E-state index in [1.165, 1.54) is 18.5 Å². The number of aromatic nitrogens is 6. The van der Waals surface area contributed by atoms with E-state index in [-0.39, 0.29) is 12.6 Å². The van der Waals surface area contributed by atoms with Crippen molar-refractivity contribution in [3.05, 3.63) is 72.3 Å². The molecule has 0 atom stereocenters. The van der Waals surface area contributed by atoms with Crippen LogP contribution >= 0.6 is 0 Å². The molecule has 0 unspecified atom stereocenters. The predicted molar refractivity (Wildman–Crippen MR) is 138 cm³/mol. The highest BCUT2D eigenvalue weighted by molar-refractivity contribution is 5.98. The zero-order valence-corrected chi connectivity index (χ0v) is 20.7. The molecule has 3 aromatic heterocycles. The summed E-state index contributed by atoms with van der Waals surface area (Å²) in [4.78, 5) is 15.9. The van der Waals surface area contributed by atoms with Crippen molar-refractivity contribution in [1.29, 1.82) is 0 Å². The second-order valence-corrected chi connectivity index (χ2v) is 9.13. The maximum Gasteiger partial charge on any atom is 0.164 e. The third kappa shape index (κ3) is 4.88. The van der Waals surface area contributed by atoms with E-state index in [0.717, 1.165) is 29.9 Å². The van der Waals surface area contributed by atoms with Crippen LogP contribution in [0.25, 0.3) is 22.3 Å². The lowest BCUT2D eigenvalue weighted by Gasteiger charge is -2.22. The van der Waals surface area contributed by atoms with E-state index < -0.39 is 5.82 Å². The van der Waals surface area contributed by atoms with Crippen molar-refractivity contribution in [2.75, 3.05) is 18.9 Å². The second-order valence-electron chi connectivity index (χ2n) is 9.13. The number of H-pyrrole nitrogens is 1. The van der Waals surface area contributed by atoms with Gasteiger partial charge in [0.15, 0.2) is 5.65 Å². The van der Waals surface area contributed by atoms with Crippen molar-refractivity contribution in [3.8, 4) is 28.5 Å². The molecule has 0 radical (unpaired) electrons. The smallest absolute Gasteiger partial charge is 0.164 e. The molecule has 0 spiro atoms. The summed E-state index contributed by atoms with van der Waals surface area (Å²) in [7, 11) is 0. The summed E-state index contributed by atoms with van der Waals surface area (Å²) < 4.78 is 33.4. The average molecular weight is 516 g/mol. The minimum absolute atomic E-state index is 0.179. The van der Waals surface area contributed by atoms with Gasteiger partial charge in [0.2, 0.25) is 0 Å². The van der Waals surface area contributed by atoms with E-state index in [0.29, 0.717) is 53.0 Å². The number of hydrogen-bond acceptors (Lipinski definition) is 8. The number of halogens is 1. The highest BCUT2D eigenvalue weighted by Gasteiger charge is 2.24. The molecular weight excluding hydrogens is 489 g/mol. The summed E-state index contributed by atoms with van der Waals surface area (Å²) in [5.74, 6) is 1.90. The zero-order valence-electron chi connectivity index (χ0n) is 20.7. The maximum atomic E-state index is 14.3. The number of aromatic amines is 1. The fraction of sp³-hybridized carbons (Fsp3) is 0.259. The summed E-state index contributed by atoms with van der Waals surface area (Å²) in [5, 5.41) is 5.61. The van der Waals surface area contributed by atoms with Gasteiger partial charge in [0.25, 0.3) is 0 Å². The molecular formula is C27H26FN7O3. The monoisotopic (exact) mass is 515 g/mol. The first kappa shape index (κ1) is 23.9. The minimum atomic E-state index is -0.462. The summed E-state index contributed by atoms with van der Waals surface area (Å²) >= 11 is 0. The Balaban J connectivity index is 1.23. The number of hydrogen-bond donors (Lipinski definition) is 2. The first-order chi connectivity index (χ1) is 18.5. The van der Waals surface area contributed by atoms with Crippen LogP contribution in [0, 0.1) is 12.7 Å². The fourth-order valence-electron chi connectivity index (χ4n) is 4.58. The number of nitrogens with zero attached hydrogens (tertiary/aromatic N) is 5. The molecule has 0 aliphatic carbocycles. The van der Waals surface area contributed by atoms with Crippen LogP contribution in [0.4, 0.5) is 10.2 Å². The molecule has 10 nitrogen and oxygen atoms in total. The lowest BCUT2D eigenvalue weighted by atomic mass is 10.1. The quantitative estimate of drug-likeness (QED) is 0.311. The standard InChI is InChI=1S/C27H26FN7O3/c1-16-30-13-19(33-16)14-37-22-10-18(28)11-23(12-22)38-21-4-2-17(3-5-21)25-24-26(29)31-15-32-27(24)35(34-25)20-6-8-36-9-7-20/h2-5,10-13,15,20H,6-9,14H2,1H3,(H,30,33)(H2,29,31,32). The molecule has 1 aliphatic rings. The third-order valence-corrected chi connectivity index (χ3v) is 6.41. The minimum Gasteiger partial charge on any atom is -0.487 e. The van der Waals surface area contributed by atoms with Crippen LogP contribution in [0.5, 0.6) is 17.2 Å². The molecule has 6 rings (SSSR count). The molecule has 2 aromatic carbocycles. The van der Waals surface area contributed by atoms with Gasteiger partial charge in [-0.3, -0.25) is 0 Å². The molecule has 11 heteroatoms. The summed E-state index contributed by atoms with van der Waals surface area (Å²) in [6, 6.07) is 11.8. The first-order valence-corrected chi connectivity index (χ1v) is 12.3. The van der Waals surface area contributed by atoms with Gasteiger partial charge in [-0.25, -0.2) is 24.0 Å². The fourth-order valence-corrected chi connectivity index (χ4v) is 4.58. The largest absolute Gasteiger partial charge is 0.487 e. The van der Waals surface area contributed by atoms with E-state index in [4.69, 9.17) is 25.0 Å². The molecule has 1 aliphatic heterocycles. The number of aryl methyl sites for hydroxylation is 1. The topological polar surface area (TPSA) is 126 Å². The van der Waals surface area contributed by atoms with Crippen LogP contribution in [-0.4, -0.2) is 42.9 Å². The van der Waals surface area contributed by atoms with Gasteiger partial charge in [-0.05, 0) is 44.0 Å².